The lowest BCUT2D eigenvalue weighted by Crippen LogP contribution is -2.44. The first-order valence-electron chi connectivity index (χ1n) is 9.32. The van der Waals surface area contributed by atoms with Crippen LogP contribution in [0.2, 0.25) is 0 Å². The highest BCUT2D eigenvalue weighted by atomic mass is 32.2. The van der Waals surface area contributed by atoms with Crippen LogP contribution >= 0.6 is 0 Å². The maximum absolute atomic E-state index is 12.6. The summed E-state index contributed by atoms with van der Waals surface area (Å²) in [7, 11) is -0.613. The summed E-state index contributed by atoms with van der Waals surface area (Å²) in [6.45, 7) is 3.52. The largest absolute Gasteiger partial charge is 0.493 e. The molecule has 0 bridgehead atoms. The predicted octanol–water partition coefficient (Wildman–Crippen LogP) is 1.47. The van der Waals surface area contributed by atoms with Gasteiger partial charge in [-0.15, -0.1) is 0 Å². The fraction of sp³-hybridized carbons (Fsp3) is 0.632. The number of nitrogens with zero attached hydrogens (tertiary/aromatic N) is 1. The molecule has 3 rings (SSSR count). The van der Waals surface area contributed by atoms with E-state index in [-0.39, 0.29) is 23.0 Å². The Labute approximate surface area is 160 Å². The van der Waals surface area contributed by atoms with Gasteiger partial charge in [0.2, 0.25) is 5.91 Å². The van der Waals surface area contributed by atoms with Gasteiger partial charge in [-0.1, -0.05) is 0 Å². The second kappa shape index (κ2) is 8.06. The highest BCUT2D eigenvalue weighted by Crippen LogP contribution is 2.37. The van der Waals surface area contributed by atoms with Gasteiger partial charge in [-0.05, 0) is 43.4 Å². The fourth-order valence-electron chi connectivity index (χ4n) is 3.96. The Hall–Kier alpha value is -1.80. The zero-order valence-electron chi connectivity index (χ0n) is 16.0. The third-order valence-corrected chi connectivity index (χ3v) is 7.52. The number of rotatable bonds is 6. The standard InChI is InChI=1S/C19H28N2O5S/c1-25-16-4-3-15(13-17(16)26-2)27(23,24)12-5-18(22)21-10-7-19(8-11-21)6-9-20-14-19/h3-4,13,20H,5-12,14H2,1-2H3. The first-order chi connectivity index (χ1) is 12.9. The van der Waals surface area contributed by atoms with E-state index in [0.717, 1.165) is 39.0 Å². The summed E-state index contributed by atoms with van der Waals surface area (Å²) in [6, 6.07) is 4.49. The van der Waals surface area contributed by atoms with Crippen molar-refractivity contribution >= 4 is 15.7 Å². The molecule has 150 valence electrons. The SMILES string of the molecule is COc1ccc(S(=O)(=O)CCC(=O)N2CCC3(CCNC3)CC2)cc1OC. The van der Waals surface area contributed by atoms with Crippen LogP contribution in [-0.4, -0.2) is 65.4 Å². The second-order valence-corrected chi connectivity index (χ2v) is 9.50. The van der Waals surface area contributed by atoms with Crippen molar-refractivity contribution < 1.29 is 22.7 Å². The number of ether oxygens (including phenoxy) is 2. The quantitative estimate of drug-likeness (QED) is 0.784. The van der Waals surface area contributed by atoms with Crippen LogP contribution in [0.3, 0.4) is 0 Å². The summed E-state index contributed by atoms with van der Waals surface area (Å²) in [5.74, 6) is 0.539. The first kappa shape index (κ1) is 19.9. The molecule has 0 radical (unpaired) electrons. The van der Waals surface area contributed by atoms with E-state index in [1.54, 1.807) is 6.07 Å². The van der Waals surface area contributed by atoms with Crippen molar-refractivity contribution in [1.82, 2.24) is 10.2 Å². The molecule has 0 aliphatic carbocycles. The molecule has 27 heavy (non-hydrogen) atoms. The first-order valence-corrected chi connectivity index (χ1v) is 11.0. The third-order valence-electron chi connectivity index (χ3n) is 5.81. The number of piperidine rings is 1. The highest BCUT2D eigenvalue weighted by Gasteiger charge is 2.38. The summed E-state index contributed by atoms with van der Waals surface area (Å²) in [5.41, 5.74) is 0.336. The van der Waals surface area contributed by atoms with E-state index in [1.807, 2.05) is 4.90 Å². The molecule has 0 aromatic heterocycles. The van der Waals surface area contributed by atoms with Gasteiger partial charge in [0.15, 0.2) is 21.3 Å². The van der Waals surface area contributed by atoms with Crippen LogP contribution < -0.4 is 14.8 Å². The van der Waals surface area contributed by atoms with Gasteiger partial charge in [-0.25, -0.2) is 8.42 Å². The van der Waals surface area contributed by atoms with Crippen LogP contribution in [0.1, 0.15) is 25.7 Å². The number of carbonyl (C=O) groups excluding carboxylic acids is 1. The number of methoxy groups -OCH3 is 2. The second-order valence-electron chi connectivity index (χ2n) is 7.39. The summed E-state index contributed by atoms with van der Waals surface area (Å²) in [4.78, 5) is 14.5. The molecular weight excluding hydrogens is 368 g/mol. The Bertz CT molecular complexity index is 777. The topological polar surface area (TPSA) is 84.9 Å². The molecular formula is C19H28N2O5S. The van der Waals surface area contributed by atoms with Crippen molar-refractivity contribution in [2.75, 3.05) is 46.2 Å². The number of nitrogens with one attached hydrogen (secondary N) is 1. The van der Waals surface area contributed by atoms with Gasteiger partial charge in [0.1, 0.15) is 0 Å². The van der Waals surface area contributed by atoms with E-state index >= 15 is 0 Å². The van der Waals surface area contributed by atoms with Gasteiger partial charge in [0.05, 0.1) is 24.9 Å². The van der Waals surface area contributed by atoms with E-state index in [0.29, 0.717) is 16.9 Å². The number of amides is 1. The smallest absolute Gasteiger partial charge is 0.223 e. The molecule has 0 atom stereocenters. The maximum atomic E-state index is 12.6. The normalized spacial score (nSPS) is 19.3. The Morgan fingerprint density at radius 1 is 1.15 bits per heavy atom. The van der Waals surface area contributed by atoms with Gasteiger partial charge in [0.25, 0.3) is 0 Å². The molecule has 2 aliphatic heterocycles. The number of sulfone groups is 1. The Morgan fingerprint density at radius 2 is 1.85 bits per heavy atom. The van der Waals surface area contributed by atoms with Gasteiger partial charge in [-0.3, -0.25) is 4.79 Å². The lowest BCUT2D eigenvalue weighted by molar-refractivity contribution is -0.132. The molecule has 2 aliphatic rings. The van der Waals surface area contributed by atoms with Gasteiger partial charge in [0, 0.05) is 32.1 Å². The van der Waals surface area contributed by atoms with Crippen LogP contribution in [0.15, 0.2) is 23.1 Å². The third kappa shape index (κ3) is 4.38. The summed E-state index contributed by atoms with van der Waals surface area (Å²) >= 11 is 0. The fourth-order valence-corrected chi connectivity index (χ4v) is 5.20. The van der Waals surface area contributed by atoms with E-state index < -0.39 is 9.84 Å². The van der Waals surface area contributed by atoms with Crippen molar-refractivity contribution in [2.45, 2.75) is 30.6 Å². The molecule has 1 spiro atoms. The Balaban J connectivity index is 1.58. The molecule has 1 aromatic rings. The maximum Gasteiger partial charge on any atom is 0.223 e. The van der Waals surface area contributed by atoms with Crippen LogP contribution in [0, 0.1) is 5.41 Å². The summed E-state index contributed by atoms with van der Waals surface area (Å²) < 4.78 is 35.5. The minimum atomic E-state index is -3.57. The minimum Gasteiger partial charge on any atom is -0.493 e. The van der Waals surface area contributed by atoms with Gasteiger partial charge in [-0.2, -0.15) is 0 Å². The predicted molar refractivity (Wildman–Crippen MR) is 102 cm³/mol. The molecule has 7 nitrogen and oxygen atoms in total. The number of likely N-dealkylation sites (tertiary alicyclic amines) is 1. The molecule has 1 N–H and O–H groups in total. The Morgan fingerprint density at radius 3 is 2.44 bits per heavy atom. The van der Waals surface area contributed by atoms with Crippen molar-refractivity contribution in [2.24, 2.45) is 5.41 Å². The zero-order valence-corrected chi connectivity index (χ0v) is 16.8. The highest BCUT2D eigenvalue weighted by molar-refractivity contribution is 7.91. The number of benzene rings is 1. The van der Waals surface area contributed by atoms with E-state index in [4.69, 9.17) is 9.47 Å². The molecule has 2 heterocycles. The summed E-state index contributed by atoms with van der Waals surface area (Å²) in [5, 5.41) is 3.41. The Kier molecular flexibility index (Phi) is 5.95. The van der Waals surface area contributed by atoms with Crippen LogP contribution in [-0.2, 0) is 14.6 Å². The van der Waals surface area contributed by atoms with Crippen molar-refractivity contribution in [3.63, 3.8) is 0 Å². The van der Waals surface area contributed by atoms with Crippen LogP contribution in [0.4, 0.5) is 0 Å². The van der Waals surface area contributed by atoms with Gasteiger partial charge < -0.3 is 19.7 Å². The molecule has 1 aromatic carbocycles. The summed E-state index contributed by atoms with van der Waals surface area (Å²) in [6.07, 6.45) is 3.16. The average Bonchev–Trinajstić information content (AvgIpc) is 3.14. The number of carbonyl (C=O) groups is 1. The average molecular weight is 397 g/mol. The minimum absolute atomic E-state index is 0.00191. The van der Waals surface area contributed by atoms with E-state index in [2.05, 4.69) is 5.32 Å². The molecule has 2 fully saturated rings. The van der Waals surface area contributed by atoms with E-state index in [1.165, 1.54) is 32.8 Å². The van der Waals surface area contributed by atoms with Crippen LogP contribution in [0.5, 0.6) is 11.5 Å². The van der Waals surface area contributed by atoms with Crippen molar-refractivity contribution in [3.05, 3.63) is 18.2 Å². The molecule has 0 saturated carbocycles. The molecule has 2 saturated heterocycles. The molecule has 8 heteroatoms. The molecule has 0 unspecified atom stereocenters. The lowest BCUT2D eigenvalue weighted by atomic mass is 9.78. The van der Waals surface area contributed by atoms with E-state index in [9.17, 15) is 13.2 Å². The van der Waals surface area contributed by atoms with Gasteiger partial charge >= 0.3 is 0 Å². The molecule has 1 amide bonds. The zero-order chi connectivity index (χ0) is 19.5. The van der Waals surface area contributed by atoms with Crippen molar-refractivity contribution in [1.29, 1.82) is 0 Å². The monoisotopic (exact) mass is 396 g/mol. The van der Waals surface area contributed by atoms with Crippen LogP contribution in [0.25, 0.3) is 0 Å². The van der Waals surface area contributed by atoms with Crippen molar-refractivity contribution in [3.8, 4) is 11.5 Å². The number of hydrogen-bond donors (Lipinski definition) is 1. The lowest BCUT2D eigenvalue weighted by Gasteiger charge is -2.38. The number of hydrogen-bond acceptors (Lipinski definition) is 6.